The van der Waals surface area contributed by atoms with Crippen LogP contribution >= 0.6 is 0 Å². The van der Waals surface area contributed by atoms with Gasteiger partial charge in [-0.3, -0.25) is 9.59 Å². The minimum Gasteiger partial charge on any atom is -0.504 e. The van der Waals surface area contributed by atoms with Crippen molar-refractivity contribution in [2.24, 2.45) is 38.9 Å². The fourth-order valence-electron chi connectivity index (χ4n) is 8.84. The van der Waals surface area contributed by atoms with Gasteiger partial charge in [0, 0.05) is 5.92 Å². The Labute approximate surface area is 233 Å². The molecule has 0 amide bonds. The summed E-state index contributed by atoms with van der Waals surface area (Å²) in [5.41, 5.74) is 0.992. The topological polar surface area (TPSA) is 104 Å². The number of fused-ring (bicyclic) bond motifs is 5. The molecule has 0 aromatic heterocycles. The van der Waals surface area contributed by atoms with Gasteiger partial charge in [0.2, 0.25) is 0 Å². The molecule has 3 saturated carbocycles. The van der Waals surface area contributed by atoms with Crippen LogP contribution in [0.25, 0.3) is 0 Å². The van der Waals surface area contributed by atoms with Gasteiger partial charge in [0.1, 0.15) is 0 Å². The lowest BCUT2D eigenvalue weighted by molar-refractivity contribution is -0.179. The normalized spacial score (nSPS) is 47.3. The number of carboxylic acids is 1. The van der Waals surface area contributed by atoms with Crippen molar-refractivity contribution in [1.29, 1.82) is 0 Å². The summed E-state index contributed by atoms with van der Waals surface area (Å²) in [6, 6.07) is 0. The Morgan fingerprint density at radius 3 is 2.28 bits per heavy atom. The van der Waals surface area contributed by atoms with Gasteiger partial charge in [-0.1, -0.05) is 45.9 Å². The number of carbonyl (C=O) groups excluding carboxylic acids is 1. The molecular formula is C33H48O6. The Hall–Kier alpha value is -2.50. The number of hydrogen-bond acceptors (Lipinski definition) is 5. The lowest BCUT2D eigenvalue weighted by Crippen LogP contribution is -2.61. The average molecular weight is 541 g/mol. The van der Waals surface area contributed by atoms with E-state index in [1.165, 1.54) is 12.7 Å². The zero-order chi connectivity index (χ0) is 29.2. The van der Waals surface area contributed by atoms with Crippen LogP contribution in [0, 0.1) is 38.9 Å². The quantitative estimate of drug-likeness (QED) is 0.249. The summed E-state index contributed by atoms with van der Waals surface area (Å²) in [6.07, 6.45) is 10.7. The van der Waals surface area contributed by atoms with Gasteiger partial charge >= 0.3 is 11.9 Å². The van der Waals surface area contributed by atoms with Crippen molar-refractivity contribution in [3.05, 3.63) is 47.0 Å². The third kappa shape index (κ3) is 4.46. The lowest BCUT2D eigenvalue weighted by Gasteiger charge is -2.69. The number of aliphatic carboxylic acids is 1. The van der Waals surface area contributed by atoms with E-state index in [-0.39, 0.29) is 51.5 Å². The number of methoxy groups -OCH3 is 1. The van der Waals surface area contributed by atoms with Crippen molar-refractivity contribution >= 4 is 11.9 Å². The van der Waals surface area contributed by atoms with Crippen molar-refractivity contribution in [1.82, 2.24) is 0 Å². The summed E-state index contributed by atoms with van der Waals surface area (Å²) in [6.45, 7) is 17.3. The second-order valence-electron chi connectivity index (χ2n) is 14.3. The van der Waals surface area contributed by atoms with E-state index >= 15 is 0 Å². The van der Waals surface area contributed by atoms with Crippen molar-refractivity contribution in [3.63, 3.8) is 0 Å². The summed E-state index contributed by atoms with van der Waals surface area (Å²) in [5, 5.41) is 31.8. The fraction of sp³-hybridized carbons (Fsp3) is 0.697. The Morgan fingerprint density at radius 2 is 1.67 bits per heavy atom. The van der Waals surface area contributed by atoms with Gasteiger partial charge < -0.3 is 20.1 Å². The maximum atomic E-state index is 12.6. The molecule has 0 bridgehead atoms. The molecule has 3 fully saturated rings. The van der Waals surface area contributed by atoms with Gasteiger partial charge in [0.05, 0.1) is 18.9 Å². The Balaban J connectivity index is 1.92. The van der Waals surface area contributed by atoms with Gasteiger partial charge in [0.25, 0.3) is 0 Å². The molecule has 0 spiro atoms. The number of carbonyl (C=O) groups is 2. The Kier molecular flexibility index (Phi) is 7.22. The van der Waals surface area contributed by atoms with Crippen LogP contribution in [0.1, 0.15) is 99.3 Å². The van der Waals surface area contributed by atoms with E-state index < -0.39 is 17.3 Å². The molecule has 7 atom stereocenters. The molecule has 0 aromatic carbocycles. The summed E-state index contributed by atoms with van der Waals surface area (Å²) in [7, 11) is 1.38. The van der Waals surface area contributed by atoms with Crippen LogP contribution in [-0.4, -0.2) is 34.4 Å². The number of carboxylic acid groups (broad SMARTS) is 1. The summed E-state index contributed by atoms with van der Waals surface area (Å²) < 4.78 is 5.05. The highest BCUT2D eigenvalue weighted by molar-refractivity contribution is 5.74. The standard InChI is InChI=1S/C33H48O6/c1-20-21(2)27(36)23(34)9-10-29(3)13-16-33(7)25-19-31(5,28(37)38)12-11-30(25,4)14-15-32(33,6)24(29)17-22(20)18-26(35)39-8/h9,17,22,25,34,36H,1,10-16,18-19H2,2-8H3,(H,37,38)/b23-9+,24-17+,27-21+/t22-,25+,29+,30+,31+,32+,33-/m0/s1. The minimum absolute atomic E-state index is 0.0891. The van der Waals surface area contributed by atoms with E-state index in [2.05, 4.69) is 40.3 Å². The van der Waals surface area contributed by atoms with E-state index in [1.807, 2.05) is 6.92 Å². The van der Waals surface area contributed by atoms with Crippen LogP contribution in [0.2, 0.25) is 0 Å². The van der Waals surface area contributed by atoms with Gasteiger partial charge in [0.15, 0.2) is 11.5 Å². The smallest absolute Gasteiger partial charge is 0.309 e. The fourth-order valence-corrected chi connectivity index (χ4v) is 8.84. The zero-order valence-corrected chi connectivity index (χ0v) is 24.9. The van der Waals surface area contributed by atoms with E-state index in [9.17, 15) is 24.9 Å². The molecule has 0 radical (unpaired) electrons. The minimum atomic E-state index is -0.730. The molecule has 0 unspecified atom stereocenters. The second kappa shape index (κ2) is 9.55. The predicted molar refractivity (Wildman–Crippen MR) is 152 cm³/mol. The molecule has 39 heavy (non-hydrogen) atoms. The van der Waals surface area contributed by atoms with Crippen molar-refractivity contribution < 1.29 is 29.6 Å². The van der Waals surface area contributed by atoms with Crippen LogP contribution < -0.4 is 0 Å². The number of esters is 1. The van der Waals surface area contributed by atoms with Crippen molar-refractivity contribution in [3.8, 4) is 0 Å². The summed E-state index contributed by atoms with van der Waals surface area (Å²) in [4.78, 5) is 25.0. The third-order valence-electron chi connectivity index (χ3n) is 12.2. The SMILES string of the molecule is C=C1/C(C)=C(O)\C(O)=C/C[C@]2(C)CC[C@@]3(C)[C@@H]4C[C@](C)(C(=O)O)CC[C@]4(C)CC[C@]3(C)/C2=C/[C@H]1CC(=O)OC. The number of ether oxygens (including phenoxy) is 1. The first-order chi connectivity index (χ1) is 18.0. The Bertz CT molecular complexity index is 1180. The first kappa shape index (κ1) is 29.5. The molecule has 4 aliphatic rings. The molecule has 3 N–H and O–H groups in total. The van der Waals surface area contributed by atoms with Crippen LogP contribution in [-0.2, 0) is 14.3 Å². The number of aliphatic hydroxyl groups excluding tert-OH is 2. The zero-order valence-electron chi connectivity index (χ0n) is 24.9. The summed E-state index contributed by atoms with van der Waals surface area (Å²) in [5.74, 6) is -1.57. The maximum absolute atomic E-state index is 12.6. The molecule has 0 heterocycles. The monoisotopic (exact) mass is 540 g/mol. The van der Waals surface area contributed by atoms with Crippen LogP contribution in [0.3, 0.4) is 0 Å². The van der Waals surface area contributed by atoms with Gasteiger partial charge in [-0.15, -0.1) is 0 Å². The molecular weight excluding hydrogens is 492 g/mol. The summed E-state index contributed by atoms with van der Waals surface area (Å²) >= 11 is 0. The number of rotatable bonds is 3. The number of aliphatic hydroxyl groups is 2. The van der Waals surface area contributed by atoms with Crippen molar-refractivity contribution in [2.45, 2.75) is 99.3 Å². The second-order valence-corrected chi connectivity index (χ2v) is 14.3. The largest absolute Gasteiger partial charge is 0.504 e. The third-order valence-corrected chi connectivity index (χ3v) is 12.2. The van der Waals surface area contributed by atoms with Crippen LogP contribution in [0.15, 0.2) is 47.0 Å². The van der Waals surface area contributed by atoms with Gasteiger partial charge in [-0.05, 0) is 110 Å². The predicted octanol–water partition coefficient (Wildman–Crippen LogP) is 7.83. The van der Waals surface area contributed by atoms with Gasteiger partial charge in [-0.25, -0.2) is 0 Å². The highest BCUT2D eigenvalue weighted by Crippen LogP contribution is 2.74. The first-order valence-electron chi connectivity index (χ1n) is 14.5. The average Bonchev–Trinajstić information content (AvgIpc) is 2.89. The number of hydrogen-bond donors (Lipinski definition) is 3. The highest BCUT2D eigenvalue weighted by atomic mass is 16.5. The Morgan fingerprint density at radius 1 is 1.03 bits per heavy atom. The van der Waals surface area contributed by atoms with E-state index in [0.717, 1.165) is 32.1 Å². The lowest BCUT2D eigenvalue weighted by atomic mass is 9.35. The maximum Gasteiger partial charge on any atom is 0.309 e. The number of allylic oxidation sites excluding steroid dienone is 5. The van der Waals surface area contributed by atoms with E-state index in [4.69, 9.17) is 4.74 Å². The molecule has 216 valence electrons. The van der Waals surface area contributed by atoms with Crippen LogP contribution in [0.5, 0.6) is 0 Å². The van der Waals surface area contributed by atoms with Crippen LogP contribution in [0.4, 0.5) is 0 Å². The van der Waals surface area contributed by atoms with E-state index in [1.54, 1.807) is 13.0 Å². The van der Waals surface area contributed by atoms with Crippen molar-refractivity contribution in [2.75, 3.05) is 7.11 Å². The highest BCUT2D eigenvalue weighted by Gasteiger charge is 2.66. The van der Waals surface area contributed by atoms with E-state index in [0.29, 0.717) is 30.4 Å². The molecule has 6 heteroatoms. The molecule has 6 nitrogen and oxygen atoms in total. The molecule has 0 aromatic rings. The molecule has 4 rings (SSSR count). The molecule has 0 saturated heterocycles. The molecule has 0 aliphatic heterocycles. The van der Waals surface area contributed by atoms with Gasteiger partial charge in [-0.2, -0.15) is 0 Å². The first-order valence-corrected chi connectivity index (χ1v) is 14.5. The molecule has 4 aliphatic carbocycles.